The lowest BCUT2D eigenvalue weighted by atomic mass is 9.92. The highest BCUT2D eigenvalue weighted by Gasteiger charge is 2.31. The van der Waals surface area contributed by atoms with Crippen LogP contribution in [-0.2, 0) is 4.79 Å². The molecule has 0 amide bonds. The largest absolute Gasteiger partial charge is 0.493 e. The summed E-state index contributed by atoms with van der Waals surface area (Å²) >= 11 is 5.85. The van der Waals surface area contributed by atoms with E-state index in [1.807, 2.05) is 18.2 Å². The topological polar surface area (TPSA) is 87.0 Å². The van der Waals surface area contributed by atoms with Gasteiger partial charge in [0.2, 0.25) is 0 Å². The van der Waals surface area contributed by atoms with Crippen molar-refractivity contribution < 1.29 is 24.9 Å². The Hall–Kier alpha value is -2.04. The van der Waals surface area contributed by atoms with E-state index >= 15 is 0 Å². The highest BCUT2D eigenvalue weighted by Crippen LogP contribution is 2.35. The van der Waals surface area contributed by atoms with E-state index in [1.54, 1.807) is 12.1 Å². The van der Waals surface area contributed by atoms with Crippen LogP contribution in [0.4, 0.5) is 0 Å². The number of rotatable bonds is 10. The van der Waals surface area contributed by atoms with Gasteiger partial charge in [-0.05, 0) is 73.9 Å². The molecule has 5 nitrogen and oxygen atoms in total. The Bertz CT molecular complexity index is 717. The molecule has 2 atom stereocenters. The second-order valence-corrected chi connectivity index (χ2v) is 7.45. The third kappa shape index (κ3) is 7.53. The molecule has 1 aliphatic carbocycles. The van der Waals surface area contributed by atoms with Crippen molar-refractivity contribution in [1.82, 2.24) is 0 Å². The van der Waals surface area contributed by atoms with E-state index in [-0.39, 0.29) is 6.42 Å². The number of carbonyl (C=O) groups is 1. The zero-order valence-corrected chi connectivity index (χ0v) is 16.5. The van der Waals surface area contributed by atoms with Gasteiger partial charge in [-0.2, -0.15) is 0 Å². The number of carboxylic acids is 1. The molecule has 152 valence electrons. The quantitative estimate of drug-likeness (QED) is 0.233. The van der Waals surface area contributed by atoms with Crippen LogP contribution in [-0.4, -0.2) is 33.7 Å². The minimum Gasteiger partial charge on any atom is -0.493 e. The molecule has 0 aliphatic heterocycles. The summed E-state index contributed by atoms with van der Waals surface area (Å²) in [5.74, 6) is -2.53. The van der Waals surface area contributed by atoms with Gasteiger partial charge in [0.05, 0.1) is 6.61 Å². The molecule has 0 bridgehead atoms. The van der Waals surface area contributed by atoms with E-state index in [9.17, 15) is 15.0 Å². The molecule has 0 radical (unpaired) electrons. The number of hydrogen-bond acceptors (Lipinski definition) is 4. The van der Waals surface area contributed by atoms with Crippen LogP contribution in [0.15, 0.2) is 54.3 Å². The predicted molar refractivity (Wildman–Crippen MR) is 108 cm³/mol. The molecular weight excluding hydrogens is 380 g/mol. The maximum absolute atomic E-state index is 10.6. The van der Waals surface area contributed by atoms with Crippen molar-refractivity contribution in [3.8, 4) is 5.75 Å². The Balaban J connectivity index is 1.71. The van der Waals surface area contributed by atoms with Crippen LogP contribution in [0.3, 0.4) is 0 Å². The summed E-state index contributed by atoms with van der Waals surface area (Å²) in [5, 5.41) is 27.7. The first-order chi connectivity index (χ1) is 13.4. The number of aliphatic hydroxyl groups is 2. The Labute approximate surface area is 170 Å². The summed E-state index contributed by atoms with van der Waals surface area (Å²) in [6.45, 7) is 0.617. The number of allylic oxidation sites excluding steroid dienone is 1. The number of halogens is 1. The molecule has 1 aliphatic rings. The lowest BCUT2D eigenvalue weighted by molar-refractivity contribution is -0.201. The molecule has 0 aromatic heterocycles. The first kappa shape index (κ1) is 22.3. The zero-order chi connectivity index (χ0) is 20.4. The summed E-state index contributed by atoms with van der Waals surface area (Å²) in [4.78, 5) is 10.6. The monoisotopic (exact) mass is 406 g/mol. The molecule has 1 fully saturated rings. The number of aliphatic carboxylic acids is 1. The van der Waals surface area contributed by atoms with E-state index in [4.69, 9.17) is 21.4 Å². The predicted octanol–water partition coefficient (Wildman–Crippen LogP) is 4.34. The second kappa shape index (κ2) is 11.1. The normalized spacial score (nSPS) is 19.4. The van der Waals surface area contributed by atoms with Gasteiger partial charge in [-0.3, -0.25) is 0 Å². The van der Waals surface area contributed by atoms with Crippen LogP contribution < -0.4 is 4.74 Å². The molecule has 1 saturated carbocycles. The number of carboxylic acid groups (broad SMARTS) is 1. The van der Waals surface area contributed by atoms with Crippen molar-refractivity contribution in [2.24, 2.45) is 11.8 Å². The third-order valence-corrected chi connectivity index (χ3v) is 5.11. The van der Waals surface area contributed by atoms with Gasteiger partial charge >= 0.3 is 5.97 Å². The van der Waals surface area contributed by atoms with Crippen LogP contribution in [0.25, 0.3) is 0 Å². The van der Waals surface area contributed by atoms with E-state index in [1.165, 1.54) is 12.5 Å². The fourth-order valence-corrected chi connectivity index (χ4v) is 3.38. The van der Waals surface area contributed by atoms with E-state index in [0.717, 1.165) is 31.4 Å². The average molecular weight is 407 g/mol. The average Bonchev–Trinajstić information content (AvgIpc) is 3.10. The lowest BCUT2D eigenvalue weighted by Crippen LogP contribution is -2.37. The summed E-state index contributed by atoms with van der Waals surface area (Å²) in [6, 6.07) is 7.32. The van der Waals surface area contributed by atoms with Crippen LogP contribution in [0.2, 0.25) is 5.02 Å². The van der Waals surface area contributed by atoms with Gasteiger partial charge in [-0.15, -0.1) is 5.73 Å². The standard InChI is InChI=1S/C22H27ClO5/c23-19-11-13-20(14-12-19)28-16-5-3-8-18-10-6-9-17(18)7-2-1-4-15-22(26,27)21(24)25/h2-4,8,11-14,17-18,26-27H,5-7,9-10,15-16H2,(H,24,25)/b8-3+/t1?,17-,18-/m0/s1. The van der Waals surface area contributed by atoms with Gasteiger partial charge in [0.25, 0.3) is 5.79 Å². The Morgan fingerprint density at radius 1 is 1.25 bits per heavy atom. The van der Waals surface area contributed by atoms with Crippen LogP contribution in [0.1, 0.15) is 38.5 Å². The van der Waals surface area contributed by atoms with Crippen molar-refractivity contribution in [2.45, 2.75) is 44.3 Å². The Kier molecular flexibility index (Phi) is 8.81. The fourth-order valence-electron chi connectivity index (χ4n) is 3.25. The zero-order valence-electron chi connectivity index (χ0n) is 15.8. The molecule has 1 aromatic carbocycles. The first-order valence-corrected chi connectivity index (χ1v) is 9.89. The smallest absolute Gasteiger partial charge is 0.364 e. The molecule has 0 heterocycles. The van der Waals surface area contributed by atoms with E-state index in [0.29, 0.717) is 23.5 Å². The van der Waals surface area contributed by atoms with Gasteiger partial charge in [-0.1, -0.05) is 30.2 Å². The van der Waals surface area contributed by atoms with E-state index in [2.05, 4.69) is 17.9 Å². The second-order valence-electron chi connectivity index (χ2n) is 7.01. The summed E-state index contributed by atoms with van der Waals surface area (Å²) < 4.78 is 5.68. The molecule has 28 heavy (non-hydrogen) atoms. The number of ether oxygens (including phenoxy) is 1. The van der Waals surface area contributed by atoms with Crippen LogP contribution in [0.5, 0.6) is 5.75 Å². The first-order valence-electron chi connectivity index (χ1n) is 9.51. The molecule has 0 spiro atoms. The summed E-state index contributed by atoms with van der Waals surface area (Å²) in [6.07, 6.45) is 12.4. The number of benzene rings is 1. The molecule has 2 rings (SSSR count). The highest BCUT2D eigenvalue weighted by atomic mass is 35.5. The van der Waals surface area contributed by atoms with E-state index < -0.39 is 11.8 Å². The molecule has 0 unspecified atom stereocenters. The molecule has 1 aromatic rings. The minimum atomic E-state index is -2.73. The van der Waals surface area contributed by atoms with Gasteiger partial charge in [-0.25, -0.2) is 4.79 Å². The summed E-state index contributed by atoms with van der Waals surface area (Å²) in [7, 11) is 0. The van der Waals surface area contributed by atoms with Gasteiger partial charge in [0, 0.05) is 11.4 Å². The van der Waals surface area contributed by atoms with Gasteiger partial charge in [0.1, 0.15) is 5.75 Å². The summed E-state index contributed by atoms with van der Waals surface area (Å²) in [5.41, 5.74) is 2.86. The highest BCUT2D eigenvalue weighted by molar-refractivity contribution is 6.30. The van der Waals surface area contributed by atoms with Crippen molar-refractivity contribution in [3.63, 3.8) is 0 Å². The molecule has 0 saturated heterocycles. The third-order valence-electron chi connectivity index (χ3n) is 4.85. The van der Waals surface area contributed by atoms with Crippen LogP contribution in [0, 0.1) is 11.8 Å². The fraction of sp³-hybridized carbons (Fsp3) is 0.455. The Morgan fingerprint density at radius 2 is 2.00 bits per heavy atom. The number of hydrogen-bond donors (Lipinski definition) is 3. The van der Waals surface area contributed by atoms with Crippen molar-refractivity contribution in [1.29, 1.82) is 0 Å². The maximum atomic E-state index is 10.6. The van der Waals surface area contributed by atoms with Crippen molar-refractivity contribution >= 4 is 17.6 Å². The van der Waals surface area contributed by atoms with Crippen molar-refractivity contribution in [2.75, 3.05) is 6.61 Å². The Morgan fingerprint density at radius 3 is 2.71 bits per heavy atom. The van der Waals surface area contributed by atoms with Crippen LogP contribution >= 0.6 is 11.6 Å². The molecular formula is C22H27ClO5. The van der Waals surface area contributed by atoms with Gasteiger partial charge < -0.3 is 20.1 Å². The molecule has 3 N–H and O–H groups in total. The lowest BCUT2D eigenvalue weighted by Gasteiger charge is -2.14. The van der Waals surface area contributed by atoms with Gasteiger partial charge in [0.15, 0.2) is 0 Å². The van der Waals surface area contributed by atoms with Crippen molar-refractivity contribution in [3.05, 3.63) is 59.3 Å². The maximum Gasteiger partial charge on any atom is 0.364 e. The SMILES string of the molecule is O=C(O)C(O)(O)CC=C=CC[C@H]1CCC[C@@H]1/C=C/CCOc1ccc(Cl)cc1. The minimum absolute atomic E-state index is 0.388. The molecule has 6 heteroatoms.